The van der Waals surface area contributed by atoms with E-state index in [0.717, 1.165) is 50.2 Å². The Hall–Kier alpha value is -1.27. The second-order valence-corrected chi connectivity index (χ2v) is 5.02. The Morgan fingerprint density at radius 1 is 1.25 bits per heavy atom. The van der Waals surface area contributed by atoms with E-state index in [1.54, 1.807) is 0 Å². The molecule has 0 amide bonds. The smallest absolute Gasteiger partial charge is 0.245 e. The van der Waals surface area contributed by atoms with Gasteiger partial charge in [0.15, 0.2) is 0 Å². The summed E-state index contributed by atoms with van der Waals surface area (Å²) in [4.78, 5) is 6.78. The zero-order valence-electron chi connectivity index (χ0n) is 12.4. The SMILES string of the molecule is CCc1nnc(N2CCCC(OCCO)C2)nc1CC. The molecule has 0 spiro atoms. The zero-order chi connectivity index (χ0) is 14.4. The summed E-state index contributed by atoms with van der Waals surface area (Å²) in [5.74, 6) is 0.705. The molecule has 112 valence electrons. The van der Waals surface area contributed by atoms with E-state index in [0.29, 0.717) is 12.6 Å². The molecule has 1 aromatic rings. The Bertz CT molecular complexity index is 428. The van der Waals surface area contributed by atoms with Crippen LogP contribution in [0.5, 0.6) is 0 Å². The average molecular weight is 280 g/mol. The predicted molar refractivity (Wildman–Crippen MR) is 76.9 cm³/mol. The van der Waals surface area contributed by atoms with E-state index in [1.807, 2.05) is 0 Å². The Kier molecular flexibility index (Phi) is 5.67. The van der Waals surface area contributed by atoms with Crippen LogP contribution in [0.1, 0.15) is 38.1 Å². The maximum Gasteiger partial charge on any atom is 0.245 e. The van der Waals surface area contributed by atoms with Gasteiger partial charge >= 0.3 is 0 Å². The summed E-state index contributed by atoms with van der Waals surface area (Å²) in [6.07, 6.45) is 3.97. The molecule has 6 heteroatoms. The molecule has 0 radical (unpaired) electrons. The van der Waals surface area contributed by atoms with Crippen LogP contribution in [0, 0.1) is 0 Å². The lowest BCUT2D eigenvalue weighted by atomic mass is 10.1. The third kappa shape index (κ3) is 3.64. The van der Waals surface area contributed by atoms with Gasteiger partial charge in [-0.15, -0.1) is 5.10 Å². The fourth-order valence-electron chi connectivity index (χ4n) is 2.54. The van der Waals surface area contributed by atoms with Crippen molar-refractivity contribution in [3.8, 4) is 0 Å². The molecule has 0 bridgehead atoms. The topological polar surface area (TPSA) is 71.4 Å². The number of hydrogen-bond donors (Lipinski definition) is 1. The van der Waals surface area contributed by atoms with E-state index in [1.165, 1.54) is 0 Å². The number of aryl methyl sites for hydroxylation is 2. The Morgan fingerprint density at radius 2 is 2.05 bits per heavy atom. The fourth-order valence-corrected chi connectivity index (χ4v) is 2.54. The molecule has 1 fully saturated rings. The number of aromatic nitrogens is 3. The molecule has 1 N–H and O–H groups in total. The van der Waals surface area contributed by atoms with Crippen molar-refractivity contribution < 1.29 is 9.84 Å². The molecule has 20 heavy (non-hydrogen) atoms. The molecule has 1 atom stereocenters. The van der Waals surface area contributed by atoms with Gasteiger partial charge in [-0.2, -0.15) is 5.10 Å². The monoisotopic (exact) mass is 280 g/mol. The second kappa shape index (κ2) is 7.50. The molecule has 2 rings (SSSR count). The lowest BCUT2D eigenvalue weighted by Crippen LogP contribution is -2.41. The van der Waals surface area contributed by atoms with Crippen LogP contribution in [0.15, 0.2) is 0 Å². The number of piperidine rings is 1. The van der Waals surface area contributed by atoms with E-state index in [9.17, 15) is 0 Å². The Morgan fingerprint density at radius 3 is 2.75 bits per heavy atom. The van der Waals surface area contributed by atoms with Crippen molar-refractivity contribution in [2.75, 3.05) is 31.2 Å². The van der Waals surface area contributed by atoms with Gasteiger partial charge in [0.05, 0.1) is 30.7 Å². The maximum atomic E-state index is 8.83. The van der Waals surface area contributed by atoms with Gasteiger partial charge < -0.3 is 14.7 Å². The summed E-state index contributed by atoms with van der Waals surface area (Å²) in [7, 11) is 0. The van der Waals surface area contributed by atoms with Crippen LogP contribution >= 0.6 is 0 Å². The minimum Gasteiger partial charge on any atom is -0.394 e. The molecule has 1 aromatic heterocycles. The minimum absolute atomic E-state index is 0.0692. The molecule has 6 nitrogen and oxygen atoms in total. The lowest BCUT2D eigenvalue weighted by molar-refractivity contribution is 0.0212. The summed E-state index contributed by atoms with van der Waals surface area (Å²) in [6, 6.07) is 0. The first-order valence-electron chi connectivity index (χ1n) is 7.48. The van der Waals surface area contributed by atoms with Gasteiger partial charge in [0.2, 0.25) is 5.95 Å². The molecule has 1 aliphatic rings. The van der Waals surface area contributed by atoms with Crippen LogP contribution in [-0.2, 0) is 17.6 Å². The molecule has 0 saturated carbocycles. The van der Waals surface area contributed by atoms with Crippen LogP contribution in [-0.4, -0.2) is 52.7 Å². The third-order valence-corrected chi connectivity index (χ3v) is 3.60. The van der Waals surface area contributed by atoms with E-state index in [2.05, 4.69) is 33.9 Å². The minimum atomic E-state index is 0.0692. The third-order valence-electron chi connectivity index (χ3n) is 3.60. The zero-order valence-corrected chi connectivity index (χ0v) is 12.4. The Labute approximate surface area is 120 Å². The van der Waals surface area contributed by atoms with Gasteiger partial charge in [0, 0.05) is 13.1 Å². The highest BCUT2D eigenvalue weighted by atomic mass is 16.5. The highest BCUT2D eigenvalue weighted by Crippen LogP contribution is 2.18. The summed E-state index contributed by atoms with van der Waals surface area (Å²) < 4.78 is 5.62. The molecular formula is C14H24N4O2. The Balaban J connectivity index is 2.06. The molecule has 0 aromatic carbocycles. The van der Waals surface area contributed by atoms with Gasteiger partial charge in [-0.1, -0.05) is 13.8 Å². The molecule has 1 aliphatic heterocycles. The fraction of sp³-hybridized carbons (Fsp3) is 0.786. The van der Waals surface area contributed by atoms with Gasteiger partial charge in [-0.05, 0) is 25.7 Å². The first-order valence-corrected chi connectivity index (χ1v) is 7.48. The highest BCUT2D eigenvalue weighted by molar-refractivity contribution is 5.31. The standard InChI is InChI=1S/C14H24N4O2/c1-3-12-13(4-2)16-17-14(15-12)18-7-5-6-11(10-18)20-9-8-19/h11,19H,3-10H2,1-2H3. The number of anilines is 1. The van der Waals surface area contributed by atoms with Gasteiger partial charge in [0.25, 0.3) is 0 Å². The molecule has 0 aliphatic carbocycles. The van der Waals surface area contributed by atoms with Crippen molar-refractivity contribution in [1.82, 2.24) is 15.2 Å². The number of aliphatic hydroxyl groups is 1. The maximum absolute atomic E-state index is 8.83. The van der Waals surface area contributed by atoms with Crippen molar-refractivity contribution in [2.24, 2.45) is 0 Å². The summed E-state index contributed by atoms with van der Waals surface area (Å²) >= 11 is 0. The van der Waals surface area contributed by atoms with Crippen LogP contribution in [0.2, 0.25) is 0 Å². The van der Waals surface area contributed by atoms with Crippen molar-refractivity contribution in [2.45, 2.75) is 45.6 Å². The molecular weight excluding hydrogens is 256 g/mol. The van der Waals surface area contributed by atoms with Crippen LogP contribution in [0.3, 0.4) is 0 Å². The number of ether oxygens (including phenoxy) is 1. The summed E-state index contributed by atoms with van der Waals surface area (Å²) in [5.41, 5.74) is 2.03. The highest BCUT2D eigenvalue weighted by Gasteiger charge is 2.23. The summed E-state index contributed by atoms with van der Waals surface area (Å²) in [5, 5.41) is 17.4. The van der Waals surface area contributed by atoms with Crippen molar-refractivity contribution >= 4 is 5.95 Å². The van der Waals surface area contributed by atoms with Crippen molar-refractivity contribution in [3.05, 3.63) is 11.4 Å². The van der Waals surface area contributed by atoms with E-state index >= 15 is 0 Å². The van der Waals surface area contributed by atoms with Crippen molar-refractivity contribution in [3.63, 3.8) is 0 Å². The van der Waals surface area contributed by atoms with E-state index in [4.69, 9.17) is 9.84 Å². The van der Waals surface area contributed by atoms with Gasteiger partial charge in [-0.3, -0.25) is 0 Å². The largest absolute Gasteiger partial charge is 0.394 e. The first-order chi connectivity index (χ1) is 9.78. The predicted octanol–water partition coefficient (Wildman–Crippen LogP) is 0.974. The second-order valence-electron chi connectivity index (χ2n) is 5.02. The van der Waals surface area contributed by atoms with Crippen LogP contribution < -0.4 is 4.90 Å². The van der Waals surface area contributed by atoms with Crippen LogP contribution in [0.25, 0.3) is 0 Å². The van der Waals surface area contributed by atoms with Crippen LogP contribution in [0.4, 0.5) is 5.95 Å². The van der Waals surface area contributed by atoms with E-state index < -0.39 is 0 Å². The summed E-state index contributed by atoms with van der Waals surface area (Å²) in [6.45, 7) is 6.35. The normalized spacial score (nSPS) is 19.4. The number of aliphatic hydroxyl groups excluding tert-OH is 1. The first kappa shape index (κ1) is 15.1. The number of hydrogen-bond acceptors (Lipinski definition) is 6. The number of nitrogens with zero attached hydrogens (tertiary/aromatic N) is 4. The molecule has 2 heterocycles. The number of rotatable bonds is 6. The molecule has 1 saturated heterocycles. The van der Waals surface area contributed by atoms with E-state index in [-0.39, 0.29) is 12.7 Å². The average Bonchev–Trinajstić information content (AvgIpc) is 2.52. The van der Waals surface area contributed by atoms with Gasteiger partial charge in [-0.25, -0.2) is 4.98 Å². The van der Waals surface area contributed by atoms with Gasteiger partial charge in [0.1, 0.15) is 0 Å². The van der Waals surface area contributed by atoms with Crippen molar-refractivity contribution in [1.29, 1.82) is 0 Å². The molecule has 1 unspecified atom stereocenters. The lowest BCUT2D eigenvalue weighted by Gasteiger charge is -2.32. The quantitative estimate of drug-likeness (QED) is 0.837.